The summed E-state index contributed by atoms with van der Waals surface area (Å²) in [6.07, 6.45) is 1.94. The molecule has 168 valence electrons. The third-order valence-corrected chi connectivity index (χ3v) is 5.11. The number of carboxylic acid groups (broad SMARTS) is 1. The second-order valence-electron chi connectivity index (χ2n) is 7.39. The van der Waals surface area contributed by atoms with Crippen LogP contribution < -0.4 is 9.47 Å². The average Bonchev–Trinajstić information content (AvgIpc) is 2.80. The SMILES string of the molecule is CCc1cc(-c2ccc(F)c(O)c2)ccc1OCCCOc1ccccc1CCC(=O)O. The Morgan fingerprint density at radius 2 is 1.56 bits per heavy atom. The zero-order valence-electron chi connectivity index (χ0n) is 18.0. The van der Waals surface area contributed by atoms with Gasteiger partial charge in [0, 0.05) is 12.8 Å². The molecule has 0 atom stereocenters. The Balaban J connectivity index is 1.54. The van der Waals surface area contributed by atoms with Crippen LogP contribution >= 0.6 is 0 Å². The van der Waals surface area contributed by atoms with Crippen molar-refractivity contribution < 1.29 is 28.9 Å². The van der Waals surface area contributed by atoms with Gasteiger partial charge in [-0.2, -0.15) is 0 Å². The number of halogens is 1. The predicted molar refractivity (Wildman–Crippen MR) is 121 cm³/mol. The van der Waals surface area contributed by atoms with Gasteiger partial charge in [-0.05, 0) is 65.4 Å². The molecule has 0 fully saturated rings. The highest BCUT2D eigenvalue weighted by Gasteiger charge is 2.09. The third kappa shape index (κ3) is 6.23. The standard InChI is InChI=1S/C26H27FO5/c1-2-18-16-20(21-8-11-22(27)23(28)17-21)9-12-25(18)32-15-5-14-31-24-7-4-3-6-19(24)10-13-26(29)30/h3-4,6-9,11-12,16-17,28H,2,5,10,13-15H2,1H3,(H,29,30). The summed E-state index contributed by atoms with van der Waals surface area (Å²) in [5.41, 5.74) is 3.52. The Bertz CT molecular complexity index is 1060. The molecular weight excluding hydrogens is 411 g/mol. The van der Waals surface area contributed by atoms with Gasteiger partial charge in [-0.25, -0.2) is 4.39 Å². The molecule has 0 heterocycles. The average molecular weight is 438 g/mol. The molecule has 0 unspecified atom stereocenters. The summed E-state index contributed by atoms with van der Waals surface area (Å²) < 4.78 is 25.1. The van der Waals surface area contributed by atoms with Gasteiger partial charge in [-0.1, -0.05) is 37.3 Å². The summed E-state index contributed by atoms with van der Waals surface area (Å²) in [6, 6.07) is 17.5. The summed E-state index contributed by atoms with van der Waals surface area (Å²) >= 11 is 0. The molecule has 6 heteroatoms. The van der Waals surface area contributed by atoms with Crippen LogP contribution in [0, 0.1) is 5.82 Å². The Labute approximate surface area is 187 Å². The summed E-state index contributed by atoms with van der Waals surface area (Å²) in [5.74, 6) is -0.358. The Kier molecular flexibility index (Phi) is 8.08. The molecule has 0 aliphatic rings. The van der Waals surface area contributed by atoms with E-state index in [1.165, 1.54) is 12.1 Å². The lowest BCUT2D eigenvalue weighted by molar-refractivity contribution is -0.136. The minimum atomic E-state index is -0.831. The van der Waals surface area contributed by atoms with Crippen LogP contribution in [0.2, 0.25) is 0 Å². The topological polar surface area (TPSA) is 76.0 Å². The van der Waals surface area contributed by atoms with E-state index in [-0.39, 0.29) is 12.2 Å². The number of para-hydroxylation sites is 1. The number of hydrogen-bond acceptors (Lipinski definition) is 4. The Morgan fingerprint density at radius 1 is 0.906 bits per heavy atom. The van der Waals surface area contributed by atoms with E-state index in [0.29, 0.717) is 31.8 Å². The second kappa shape index (κ2) is 11.2. The van der Waals surface area contributed by atoms with Gasteiger partial charge in [0.15, 0.2) is 11.6 Å². The molecule has 0 radical (unpaired) electrons. The smallest absolute Gasteiger partial charge is 0.303 e. The molecule has 3 aromatic rings. The Hall–Kier alpha value is -3.54. The van der Waals surface area contributed by atoms with E-state index in [1.807, 2.05) is 49.4 Å². The van der Waals surface area contributed by atoms with Crippen LogP contribution in [0.1, 0.15) is 30.9 Å². The van der Waals surface area contributed by atoms with Crippen molar-refractivity contribution >= 4 is 5.97 Å². The van der Waals surface area contributed by atoms with E-state index < -0.39 is 11.8 Å². The fourth-order valence-electron chi connectivity index (χ4n) is 3.38. The first-order valence-corrected chi connectivity index (χ1v) is 10.6. The molecule has 0 spiro atoms. The largest absolute Gasteiger partial charge is 0.505 e. The fraction of sp³-hybridized carbons (Fsp3) is 0.269. The molecule has 0 aliphatic carbocycles. The minimum absolute atomic E-state index is 0.0663. The normalized spacial score (nSPS) is 10.7. The highest BCUT2D eigenvalue weighted by molar-refractivity contribution is 5.68. The number of benzene rings is 3. The van der Waals surface area contributed by atoms with Crippen molar-refractivity contribution in [1.29, 1.82) is 0 Å². The van der Waals surface area contributed by atoms with Crippen molar-refractivity contribution in [3.63, 3.8) is 0 Å². The number of aliphatic carboxylic acids is 1. The van der Waals surface area contributed by atoms with Gasteiger partial charge in [-0.15, -0.1) is 0 Å². The van der Waals surface area contributed by atoms with Gasteiger partial charge in [0.25, 0.3) is 0 Å². The van der Waals surface area contributed by atoms with E-state index in [0.717, 1.165) is 34.4 Å². The van der Waals surface area contributed by atoms with Gasteiger partial charge < -0.3 is 19.7 Å². The van der Waals surface area contributed by atoms with E-state index in [1.54, 1.807) is 6.07 Å². The monoisotopic (exact) mass is 438 g/mol. The molecule has 0 aliphatic heterocycles. The number of aryl methyl sites for hydroxylation is 2. The van der Waals surface area contributed by atoms with Gasteiger partial charge in [0.2, 0.25) is 0 Å². The summed E-state index contributed by atoms with van der Waals surface area (Å²) in [7, 11) is 0. The number of phenolic OH excluding ortho intramolecular Hbond substituents is 1. The second-order valence-corrected chi connectivity index (χ2v) is 7.39. The molecule has 0 bridgehead atoms. The van der Waals surface area contributed by atoms with Crippen LogP contribution in [0.4, 0.5) is 4.39 Å². The minimum Gasteiger partial charge on any atom is -0.505 e. The van der Waals surface area contributed by atoms with Crippen LogP contribution in [-0.2, 0) is 17.6 Å². The predicted octanol–water partition coefficient (Wildman–Crippen LogP) is 5.63. The number of carbonyl (C=O) groups is 1. The molecule has 0 amide bonds. The first kappa shape index (κ1) is 23.1. The van der Waals surface area contributed by atoms with Crippen molar-refractivity contribution in [3.05, 3.63) is 77.6 Å². The van der Waals surface area contributed by atoms with Crippen LogP contribution in [0.3, 0.4) is 0 Å². The summed E-state index contributed by atoms with van der Waals surface area (Å²) in [4.78, 5) is 10.8. The third-order valence-electron chi connectivity index (χ3n) is 5.11. The maximum absolute atomic E-state index is 13.3. The highest BCUT2D eigenvalue weighted by atomic mass is 19.1. The van der Waals surface area contributed by atoms with Gasteiger partial charge >= 0.3 is 5.97 Å². The van der Waals surface area contributed by atoms with Gasteiger partial charge in [0.05, 0.1) is 13.2 Å². The molecule has 32 heavy (non-hydrogen) atoms. The van der Waals surface area contributed by atoms with Gasteiger partial charge in [-0.3, -0.25) is 4.79 Å². The van der Waals surface area contributed by atoms with Crippen LogP contribution in [0.15, 0.2) is 60.7 Å². The van der Waals surface area contributed by atoms with Crippen molar-refractivity contribution in [2.45, 2.75) is 32.6 Å². The number of hydrogen-bond donors (Lipinski definition) is 2. The van der Waals surface area contributed by atoms with E-state index >= 15 is 0 Å². The maximum Gasteiger partial charge on any atom is 0.303 e. The highest BCUT2D eigenvalue weighted by Crippen LogP contribution is 2.30. The first-order valence-electron chi connectivity index (χ1n) is 10.6. The van der Waals surface area contributed by atoms with E-state index in [9.17, 15) is 14.3 Å². The van der Waals surface area contributed by atoms with Crippen LogP contribution in [-0.4, -0.2) is 29.4 Å². The summed E-state index contributed by atoms with van der Waals surface area (Å²) in [6.45, 7) is 2.96. The molecule has 5 nitrogen and oxygen atoms in total. The van der Waals surface area contributed by atoms with Crippen LogP contribution in [0.5, 0.6) is 17.2 Å². The molecule has 3 aromatic carbocycles. The number of carboxylic acids is 1. The maximum atomic E-state index is 13.3. The van der Waals surface area contributed by atoms with Gasteiger partial charge in [0.1, 0.15) is 11.5 Å². The quantitative estimate of drug-likeness (QED) is 0.380. The lowest BCUT2D eigenvalue weighted by Crippen LogP contribution is -2.07. The Morgan fingerprint density at radius 3 is 2.25 bits per heavy atom. The van der Waals surface area contributed by atoms with Crippen molar-refractivity contribution in [2.24, 2.45) is 0 Å². The van der Waals surface area contributed by atoms with Crippen molar-refractivity contribution in [3.8, 4) is 28.4 Å². The number of aromatic hydroxyl groups is 1. The van der Waals surface area contributed by atoms with E-state index in [4.69, 9.17) is 14.6 Å². The molecule has 0 saturated heterocycles. The number of ether oxygens (including phenoxy) is 2. The van der Waals surface area contributed by atoms with Crippen molar-refractivity contribution in [2.75, 3.05) is 13.2 Å². The number of rotatable bonds is 11. The number of phenols is 1. The lowest BCUT2D eigenvalue weighted by atomic mass is 10.0. The molecule has 3 rings (SSSR count). The first-order chi connectivity index (χ1) is 15.5. The van der Waals surface area contributed by atoms with Crippen molar-refractivity contribution in [1.82, 2.24) is 0 Å². The molecule has 2 N–H and O–H groups in total. The lowest BCUT2D eigenvalue weighted by Gasteiger charge is -2.14. The molecule has 0 saturated carbocycles. The summed E-state index contributed by atoms with van der Waals surface area (Å²) in [5, 5.41) is 18.5. The molecule has 0 aromatic heterocycles. The fourth-order valence-corrected chi connectivity index (χ4v) is 3.38. The molecular formula is C26H27FO5. The zero-order chi connectivity index (χ0) is 22.9. The van der Waals surface area contributed by atoms with E-state index in [2.05, 4.69) is 0 Å². The van der Waals surface area contributed by atoms with Crippen LogP contribution in [0.25, 0.3) is 11.1 Å². The zero-order valence-corrected chi connectivity index (χ0v) is 18.0.